The number of methoxy groups -OCH3 is 1. The van der Waals surface area contributed by atoms with E-state index in [0.717, 1.165) is 5.56 Å². The third kappa shape index (κ3) is 6.42. The molecule has 0 bridgehead atoms. The number of benzene rings is 1. The first kappa shape index (κ1) is 18.5. The van der Waals surface area contributed by atoms with Gasteiger partial charge in [-0.3, -0.25) is 4.79 Å². The molecule has 0 aliphatic carbocycles. The quantitative estimate of drug-likeness (QED) is 0.585. The molecule has 0 fully saturated rings. The molecule has 126 valence electrons. The Morgan fingerprint density at radius 1 is 1.22 bits per heavy atom. The van der Waals surface area contributed by atoms with Gasteiger partial charge < -0.3 is 19.9 Å². The van der Waals surface area contributed by atoms with Crippen molar-refractivity contribution in [2.24, 2.45) is 11.7 Å². The maximum atomic E-state index is 11.6. The van der Waals surface area contributed by atoms with Crippen molar-refractivity contribution in [3.05, 3.63) is 29.8 Å². The van der Waals surface area contributed by atoms with Gasteiger partial charge in [-0.25, -0.2) is 4.79 Å². The largest absolute Gasteiger partial charge is 0.493 e. The molecule has 0 heterocycles. The summed E-state index contributed by atoms with van der Waals surface area (Å²) in [7, 11) is 1.55. The fourth-order valence-corrected chi connectivity index (χ4v) is 1.60. The highest BCUT2D eigenvalue weighted by Crippen LogP contribution is 2.29. The van der Waals surface area contributed by atoms with Gasteiger partial charge in [-0.05, 0) is 36.6 Å². The Labute approximate surface area is 136 Å². The average molecular weight is 321 g/mol. The summed E-state index contributed by atoms with van der Waals surface area (Å²) in [6.07, 6.45) is 1.82. The Morgan fingerprint density at radius 3 is 2.48 bits per heavy atom. The summed E-state index contributed by atoms with van der Waals surface area (Å²) >= 11 is 0. The summed E-state index contributed by atoms with van der Waals surface area (Å²) < 4.78 is 15.8. The molecule has 1 aromatic rings. The van der Waals surface area contributed by atoms with Crippen LogP contribution in [0.1, 0.15) is 26.3 Å². The molecule has 2 N–H and O–H groups in total. The van der Waals surface area contributed by atoms with Crippen molar-refractivity contribution in [3.63, 3.8) is 0 Å². The highest BCUT2D eigenvalue weighted by Gasteiger charge is 2.12. The summed E-state index contributed by atoms with van der Waals surface area (Å²) in [5.41, 5.74) is 5.76. The van der Waals surface area contributed by atoms with Gasteiger partial charge in [0, 0.05) is 6.08 Å². The summed E-state index contributed by atoms with van der Waals surface area (Å²) in [6.45, 7) is 6.12. The van der Waals surface area contributed by atoms with Crippen molar-refractivity contribution < 1.29 is 23.8 Å². The van der Waals surface area contributed by atoms with E-state index in [1.54, 1.807) is 31.4 Å². The van der Waals surface area contributed by atoms with E-state index in [4.69, 9.17) is 19.9 Å². The molecule has 6 nitrogen and oxygen atoms in total. The minimum absolute atomic E-state index is 0.404. The first-order chi connectivity index (χ1) is 10.8. The van der Waals surface area contributed by atoms with Crippen LogP contribution in [0.2, 0.25) is 0 Å². The van der Waals surface area contributed by atoms with Crippen LogP contribution in [0.25, 0.3) is 6.08 Å². The molecule has 0 aromatic heterocycles. The van der Waals surface area contributed by atoms with Crippen LogP contribution in [0, 0.1) is 5.92 Å². The normalized spacial score (nSPS) is 12.2. The zero-order chi connectivity index (χ0) is 17.4. The molecule has 0 radical (unpaired) electrons. The molecule has 0 saturated carbocycles. The minimum Gasteiger partial charge on any atom is -0.493 e. The molecule has 1 atom stereocenters. The number of hydrogen-bond donors (Lipinski definition) is 1. The minimum atomic E-state index is -0.964. The number of nitrogens with two attached hydrogens (primary N) is 1. The third-order valence-corrected chi connectivity index (χ3v) is 2.87. The summed E-state index contributed by atoms with van der Waals surface area (Å²) in [5, 5.41) is 0. The number of primary amides is 1. The van der Waals surface area contributed by atoms with Crippen LogP contribution in [0.15, 0.2) is 24.3 Å². The van der Waals surface area contributed by atoms with Crippen LogP contribution >= 0.6 is 0 Å². The number of amides is 1. The van der Waals surface area contributed by atoms with Gasteiger partial charge in [0.2, 0.25) is 0 Å². The predicted octanol–water partition coefficient (Wildman–Crippen LogP) is 2.16. The Hall–Kier alpha value is -2.50. The van der Waals surface area contributed by atoms with Gasteiger partial charge in [0.05, 0.1) is 13.7 Å². The molecule has 1 aromatic carbocycles. The van der Waals surface area contributed by atoms with Gasteiger partial charge in [-0.2, -0.15) is 0 Å². The molecule has 6 heteroatoms. The highest BCUT2D eigenvalue weighted by molar-refractivity contribution is 5.90. The molecule has 1 rings (SSSR count). The summed E-state index contributed by atoms with van der Waals surface area (Å²) in [4.78, 5) is 22.4. The number of esters is 1. The van der Waals surface area contributed by atoms with E-state index >= 15 is 0 Å². The van der Waals surface area contributed by atoms with Crippen molar-refractivity contribution in [1.82, 2.24) is 0 Å². The van der Waals surface area contributed by atoms with E-state index in [1.165, 1.54) is 13.0 Å². The van der Waals surface area contributed by atoms with Crippen molar-refractivity contribution >= 4 is 18.0 Å². The Morgan fingerprint density at radius 2 is 1.91 bits per heavy atom. The zero-order valence-corrected chi connectivity index (χ0v) is 13.9. The van der Waals surface area contributed by atoms with Crippen molar-refractivity contribution in [3.8, 4) is 11.5 Å². The molecule has 0 saturated heterocycles. The second kappa shape index (κ2) is 8.82. The third-order valence-electron chi connectivity index (χ3n) is 2.87. The topological polar surface area (TPSA) is 87.9 Å². The highest BCUT2D eigenvalue weighted by atomic mass is 16.5. The Kier molecular flexibility index (Phi) is 7.12. The van der Waals surface area contributed by atoms with Crippen LogP contribution in [-0.4, -0.2) is 31.7 Å². The summed E-state index contributed by atoms with van der Waals surface area (Å²) in [5.74, 6) is 0.284. The van der Waals surface area contributed by atoms with E-state index in [0.29, 0.717) is 24.0 Å². The van der Waals surface area contributed by atoms with Crippen LogP contribution in [0.4, 0.5) is 0 Å². The van der Waals surface area contributed by atoms with E-state index in [1.807, 2.05) is 0 Å². The standard InChI is InChI=1S/C17H23NO5/c1-11(2)10-22-14-7-5-13(9-15(14)21-4)6-8-16(19)23-12(3)17(18)20/h5-9,11-12H,10H2,1-4H3,(H2,18,20)/b8-6+/t12-/m0/s1. The maximum absolute atomic E-state index is 11.6. The van der Waals surface area contributed by atoms with E-state index in [-0.39, 0.29) is 0 Å². The lowest BCUT2D eigenvalue weighted by molar-refractivity contribution is -0.148. The van der Waals surface area contributed by atoms with Crippen molar-refractivity contribution in [2.75, 3.05) is 13.7 Å². The number of rotatable bonds is 8. The molecular formula is C17H23NO5. The molecular weight excluding hydrogens is 298 g/mol. The number of ether oxygens (including phenoxy) is 3. The molecule has 1 amide bonds. The van der Waals surface area contributed by atoms with Gasteiger partial charge in [0.25, 0.3) is 5.91 Å². The fourth-order valence-electron chi connectivity index (χ4n) is 1.60. The van der Waals surface area contributed by atoms with Gasteiger partial charge in [-0.1, -0.05) is 19.9 Å². The molecule has 0 aliphatic heterocycles. The smallest absolute Gasteiger partial charge is 0.331 e. The lowest BCUT2D eigenvalue weighted by Gasteiger charge is -2.12. The summed E-state index contributed by atoms with van der Waals surface area (Å²) in [6, 6.07) is 5.31. The molecule has 0 unspecified atom stereocenters. The second-order valence-electron chi connectivity index (χ2n) is 5.43. The number of carbonyl (C=O) groups excluding carboxylic acids is 2. The number of hydrogen-bond acceptors (Lipinski definition) is 5. The van der Waals surface area contributed by atoms with Crippen LogP contribution in [-0.2, 0) is 14.3 Å². The Bertz CT molecular complexity index is 580. The lowest BCUT2D eigenvalue weighted by Crippen LogP contribution is -2.29. The van der Waals surface area contributed by atoms with Gasteiger partial charge >= 0.3 is 5.97 Å². The van der Waals surface area contributed by atoms with E-state index in [2.05, 4.69) is 13.8 Å². The van der Waals surface area contributed by atoms with Gasteiger partial charge in [0.15, 0.2) is 17.6 Å². The monoisotopic (exact) mass is 321 g/mol. The van der Waals surface area contributed by atoms with Crippen molar-refractivity contribution in [1.29, 1.82) is 0 Å². The molecule has 23 heavy (non-hydrogen) atoms. The van der Waals surface area contributed by atoms with Crippen molar-refractivity contribution in [2.45, 2.75) is 26.9 Å². The second-order valence-corrected chi connectivity index (χ2v) is 5.43. The molecule has 0 spiro atoms. The first-order valence-electron chi connectivity index (χ1n) is 7.32. The lowest BCUT2D eigenvalue weighted by atomic mass is 10.2. The van der Waals surface area contributed by atoms with Gasteiger partial charge in [-0.15, -0.1) is 0 Å². The van der Waals surface area contributed by atoms with Crippen LogP contribution < -0.4 is 15.2 Å². The van der Waals surface area contributed by atoms with Crippen LogP contribution in [0.5, 0.6) is 11.5 Å². The van der Waals surface area contributed by atoms with E-state index < -0.39 is 18.0 Å². The Balaban J connectivity index is 2.75. The molecule has 0 aliphatic rings. The average Bonchev–Trinajstić information content (AvgIpc) is 2.50. The number of carbonyl (C=O) groups is 2. The van der Waals surface area contributed by atoms with Gasteiger partial charge in [0.1, 0.15) is 0 Å². The van der Waals surface area contributed by atoms with E-state index in [9.17, 15) is 9.59 Å². The fraction of sp³-hybridized carbons (Fsp3) is 0.412. The maximum Gasteiger partial charge on any atom is 0.331 e. The first-order valence-corrected chi connectivity index (χ1v) is 7.32. The van der Waals surface area contributed by atoms with Crippen LogP contribution in [0.3, 0.4) is 0 Å². The zero-order valence-electron chi connectivity index (χ0n) is 13.9. The SMILES string of the molecule is COc1cc(/C=C/C(=O)O[C@@H](C)C(N)=O)ccc1OCC(C)C. The predicted molar refractivity (Wildman–Crippen MR) is 87.1 cm³/mol.